The summed E-state index contributed by atoms with van der Waals surface area (Å²) in [7, 11) is 0. The van der Waals surface area contributed by atoms with Gasteiger partial charge in [-0.05, 0) is 67.4 Å². The number of aromatic nitrogens is 3. The van der Waals surface area contributed by atoms with Crippen LogP contribution in [0.1, 0.15) is 12.8 Å². The van der Waals surface area contributed by atoms with Crippen molar-refractivity contribution in [2.75, 3.05) is 5.32 Å². The molecule has 6 rings (SSSR count). The van der Waals surface area contributed by atoms with Crippen LogP contribution in [0, 0.1) is 0 Å². The van der Waals surface area contributed by atoms with Crippen LogP contribution in [0.15, 0.2) is 84.1 Å². The van der Waals surface area contributed by atoms with Gasteiger partial charge in [0.2, 0.25) is 0 Å². The summed E-state index contributed by atoms with van der Waals surface area (Å²) in [5.41, 5.74) is 6.23. The van der Waals surface area contributed by atoms with E-state index in [0.29, 0.717) is 16.1 Å². The second kappa shape index (κ2) is 8.18. The average Bonchev–Trinajstić information content (AvgIpc) is 3.63. The van der Waals surface area contributed by atoms with Crippen molar-refractivity contribution in [3.05, 3.63) is 94.5 Å². The van der Waals surface area contributed by atoms with Gasteiger partial charge in [0.05, 0.1) is 62.1 Å². The summed E-state index contributed by atoms with van der Waals surface area (Å²) in [6.07, 6.45) is 5.78. The fourth-order valence-electron chi connectivity index (χ4n) is 3.96. The second-order valence-electron chi connectivity index (χ2n) is 8.12. The molecular weight excluding hydrogens is 453 g/mol. The summed E-state index contributed by atoms with van der Waals surface area (Å²) in [5.74, 6) is 0. The Morgan fingerprint density at radius 2 is 1.85 bits per heavy atom. The van der Waals surface area contributed by atoms with Gasteiger partial charge >= 0.3 is 0 Å². The van der Waals surface area contributed by atoms with Crippen LogP contribution < -0.4 is 10.7 Å². The van der Waals surface area contributed by atoms with Gasteiger partial charge < -0.3 is 9.88 Å². The van der Waals surface area contributed by atoms with E-state index in [4.69, 9.17) is 33.2 Å². The molecule has 0 unspecified atom stereocenters. The highest BCUT2D eigenvalue weighted by atomic mass is 35.5. The SMILES string of the molecule is Clc1ccc(-n2c3cc(=NC4CC4)c(Nc4cccnc4)cc-3nc3ccccc32)c(Cl)c1. The summed E-state index contributed by atoms with van der Waals surface area (Å²) in [6, 6.07) is 22.0. The summed E-state index contributed by atoms with van der Waals surface area (Å²) in [6.45, 7) is 0. The number of anilines is 2. The lowest BCUT2D eigenvalue weighted by atomic mass is 10.1. The second-order valence-corrected chi connectivity index (χ2v) is 8.96. The van der Waals surface area contributed by atoms with Crippen molar-refractivity contribution in [2.45, 2.75) is 18.9 Å². The standard InChI is InChI=1S/C26H19Cl2N5/c27-16-7-10-24(19(28)12-16)33-25-6-2-1-5-20(25)32-23-13-21(31-18-4-3-11-29-15-18)22(14-26(23)33)30-17-8-9-17/h1-7,10-15,17,31H,8-9H2. The molecule has 0 atom stereocenters. The molecule has 1 saturated carbocycles. The smallest absolute Gasteiger partial charge is 0.0900 e. The molecule has 0 saturated heterocycles. The van der Waals surface area contributed by atoms with Gasteiger partial charge in [0.1, 0.15) is 0 Å². The van der Waals surface area contributed by atoms with Crippen LogP contribution in [0.25, 0.3) is 28.1 Å². The van der Waals surface area contributed by atoms with Crippen molar-refractivity contribution in [1.29, 1.82) is 0 Å². The van der Waals surface area contributed by atoms with Crippen LogP contribution in [0.2, 0.25) is 10.0 Å². The summed E-state index contributed by atoms with van der Waals surface area (Å²) in [5, 5.41) is 5.54. The van der Waals surface area contributed by atoms with E-state index in [1.165, 1.54) is 0 Å². The third kappa shape index (κ3) is 3.94. The minimum absolute atomic E-state index is 0.359. The highest BCUT2D eigenvalue weighted by Gasteiger charge is 2.22. The molecule has 3 aliphatic rings. The average molecular weight is 472 g/mol. The van der Waals surface area contributed by atoms with E-state index < -0.39 is 0 Å². The molecule has 1 N–H and O–H groups in total. The number of hydrogen-bond acceptors (Lipinski definition) is 4. The maximum Gasteiger partial charge on any atom is 0.0900 e. The first-order valence-corrected chi connectivity index (χ1v) is 11.5. The largest absolute Gasteiger partial charge is 0.352 e. The lowest BCUT2D eigenvalue weighted by Crippen LogP contribution is -2.15. The zero-order valence-electron chi connectivity index (χ0n) is 17.5. The lowest BCUT2D eigenvalue weighted by Gasteiger charge is -2.21. The number of fused-ring (bicyclic) bond motifs is 2. The van der Waals surface area contributed by atoms with Crippen LogP contribution in [-0.2, 0) is 0 Å². The van der Waals surface area contributed by atoms with Gasteiger partial charge in [-0.1, -0.05) is 35.3 Å². The molecule has 1 aliphatic heterocycles. The number of benzene rings is 3. The van der Waals surface area contributed by atoms with Crippen LogP contribution in [0.5, 0.6) is 0 Å². The van der Waals surface area contributed by atoms with Crippen LogP contribution in [-0.4, -0.2) is 20.6 Å². The predicted molar refractivity (Wildman–Crippen MR) is 134 cm³/mol. The van der Waals surface area contributed by atoms with Gasteiger partial charge in [-0.15, -0.1) is 0 Å². The van der Waals surface area contributed by atoms with Crippen LogP contribution in [0.3, 0.4) is 0 Å². The van der Waals surface area contributed by atoms with Crippen LogP contribution in [0.4, 0.5) is 11.4 Å². The van der Waals surface area contributed by atoms with E-state index in [0.717, 1.165) is 57.7 Å². The van der Waals surface area contributed by atoms with E-state index in [1.54, 1.807) is 18.5 Å². The predicted octanol–water partition coefficient (Wildman–Crippen LogP) is 6.64. The number of rotatable bonds is 4. The van der Waals surface area contributed by atoms with Crippen molar-refractivity contribution < 1.29 is 0 Å². The van der Waals surface area contributed by atoms with Crippen molar-refractivity contribution in [2.24, 2.45) is 4.99 Å². The summed E-state index contributed by atoms with van der Waals surface area (Å²) in [4.78, 5) is 14.2. The highest BCUT2D eigenvalue weighted by Crippen LogP contribution is 2.34. The first-order valence-electron chi connectivity index (χ1n) is 10.8. The van der Waals surface area contributed by atoms with Gasteiger partial charge in [-0.25, -0.2) is 4.98 Å². The van der Waals surface area contributed by atoms with Gasteiger partial charge in [-0.2, -0.15) is 0 Å². The zero-order valence-corrected chi connectivity index (χ0v) is 19.1. The van der Waals surface area contributed by atoms with Crippen molar-refractivity contribution in [3.8, 4) is 17.1 Å². The third-order valence-corrected chi connectivity index (χ3v) is 6.19. The molecule has 0 bridgehead atoms. The Hall–Kier alpha value is -3.41. The van der Waals surface area contributed by atoms with Gasteiger partial charge in [0.25, 0.3) is 0 Å². The van der Waals surface area contributed by atoms with E-state index >= 15 is 0 Å². The number of halogens is 2. The molecule has 33 heavy (non-hydrogen) atoms. The molecule has 2 aromatic carbocycles. The normalized spacial score (nSPS) is 14.2. The molecular formula is C26H19Cl2N5. The Balaban J connectivity index is 1.66. The Morgan fingerprint density at radius 1 is 0.970 bits per heavy atom. The number of nitrogens with zero attached hydrogens (tertiary/aromatic N) is 4. The minimum atomic E-state index is 0.359. The van der Waals surface area contributed by atoms with Gasteiger partial charge in [0, 0.05) is 11.2 Å². The number of nitrogens with one attached hydrogen (secondary N) is 1. The third-order valence-electron chi connectivity index (χ3n) is 5.66. The van der Waals surface area contributed by atoms with Gasteiger partial charge in [-0.3, -0.25) is 9.98 Å². The van der Waals surface area contributed by atoms with E-state index in [-0.39, 0.29) is 0 Å². The molecule has 2 aliphatic carbocycles. The maximum absolute atomic E-state index is 6.67. The molecule has 3 aromatic rings. The quantitative estimate of drug-likeness (QED) is 0.299. The van der Waals surface area contributed by atoms with Gasteiger partial charge in [0.15, 0.2) is 0 Å². The number of hydrogen-bond donors (Lipinski definition) is 1. The van der Waals surface area contributed by atoms with E-state index in [2.05, 4.69) is 27.0 Å². The fraction of sp³-hybridized carbons (Fsp3) is 0.115. The van der Waals surface area contributed by atoms with Crippen molar-refractivity contribution in [1.82, 2.24) is 14.5 Å². The summed E-state index contributed by atoms with van der Waals surface area (Å²) < 4.78 is 2.14. The summed E-state index contributed by atoms with van der Waals surface area (Å²) >= 11 is 12.9. The number of para-hydroxylation sites is 2. The Labute approximate surface area is 200 Å². The topological polar surface area (TPSA) is 55.1 Å². The van der Waals surface area contributed by atoms with E-state index in [9.17, 15) is 0 Å². The molecule has 1 aromatic heterocycles. The fourth-order valence-corrected chi connectivity index (χ4v) is 4.46. The highest BCUT2D eigenvalue weighted by molar-refractivity contribution is 6.35. The molecule has 0 amide bonds. The minimum Gasteiger partial charge on any atom is -0.352 e. The molecule has 0 radical (unpaired) electrons. The number of pyridine rings is 1. The molecule has 5 nitrogen and oxygen atoms in total. The van der Waals surface area contributed by atoms with E-state index in [1.807, 2.05) is 48.5 Å². The molecule has 162 valence electrons. The molecule has 0 spiro atoms. The van der Waals surface area contributed by atoms with Crippen molar-refractivity contribution in [3.63, 3.8) is 0 Å². The Kier molecular flexibility index (Phi) is 5.01. The molecule has 7 heteroatoms. The maximum atomic E-state index is 6.67. The lowest BCUT2D eigenvalue weighted by molar-refractivity contribution is 0.997. The first kappa shape index (κ1) is 20.2. The molecule has 2 heterocycles. The zero-order chi connectivity index (χ0) is 22.4. The van der Waals surface area contributed by atoms with Crippen LogP contribution >= 0.6 is 23.2 Å². The van der Waals surface area contributed by atoms with Crippen molar-refractivity contribution >= 4 is 45.6 Å². The monoisotopic (exact) mass is 471 g/mol. The Morgan fingerprint density at radius 3 is 2.64 bits per heavy atom. The Bertz CT molecular complexity index is 1520. The molecule has 1 fully saturated rings. The first-order chi connectivity index (χ1) is 16.2.